The van der Waals surface area contributed by atoms with E-state index in [1.807, 2.05) is 20.8 Å². The van der Waals surface area contributed by atoms with E-state index in [0.717, 1.165) is 17.1 Å². The van der Waals surface area contributed by atoms with Gasteiger partial charge in [0.1, 0.15) is 0 Å². The van der Waals surface area contributed by atoms with E-state index in [1.54, 1.807) is 30.4 Å². The molecule has 2 aromatic rings. The number of allylic oxidation sites excluding steroid dienone is 2. The van der Waals surface area contributed by atoms with Crippen LogP contribution >= 0.6 is 0 Å². The second-order valence-electron chi connectivity index (χ2n) is 5.33. The van der Waals surface area contributed by atoms with Gasteiger partial charge in [-0.25, -0.2) is 4.98 Å². The SMILES string of the molecule is COc1cccc(/C=C/C(=O)/C=C/c2nc(C)c(C)nc2C)c1O. The van der Waals surface area contributed by atoms with Crippen molar-refractivity contribution in [3.05, 3.63) is 58.7 Å². The van der Waals surface area contributed by atoms with Gasteiger partial charge < -0.3 is 9.84 Å². The smallest absolute Gasteiger partial charge is 0.178 e. The van der Waals surface area contributed by atoms with E-state index in [2.05, 4.69) is 9.97 Å². The first kappa shape index (κ1) is 17.4. The number of carbonyl (C=O) groups excluding carboxylic acids is 1. The molecule has 24 heavy (non-hydrogen) atoms. The van der Waals surface area contributed by atoms with Gasteiger partial charge in [-0.05, 0) is 51.1 Å². The van der Waals surface area contributed by atoms with E-state index < -0.39 is 0 Å². The molecule has 0 amide bonds. The molecule has 0 unspecified atom stereocenters. The minimum Gasteiger partial charge on any atom is -0.504 e. The molecule has 0 saturated carbocycles. The summed E-state index contributed by atoms with van der Waals surface area (Å²) in [5.74, 6) is 0.154. The van der Waals surface area contributed by atoms with E-state index in [-0.39, 0.29) is 11.5 Å². The maximum atomic E-state index is 12.0. The van der Waals surface area contributed by atoms with Crippen molar-refractivity contribution in [2.75, 3.05) is 7.11 Å². The number of benzene rings is 1. The number of carbonyl (C=O) groups is 1. The Kier molecular flexibility index (Phi) is 5.47. The Morgan fingerprint density at radius 3 is 2.42 bits per heavy atom. The van der Waals surface area contributed by atoms with Crippen molar-refractivity contribution in [3.8, 4) is 11.5 Å². The van der Waals surface area contributed by atoms with Crippen LogP contribution in [0.2, 0.25) is 0 Å². The van der Waals surface area contributed by atoms with Crippen molar-refractivity contribution < 1.29 is 14.6 Å². The van der Waals surface area contributed by atoms with Gasteiger partial charge in [0.25, 0.3) is 0 Å². The summed E-state index contributed by atoms with van der Waals surface area (Å²) in [6.45, 7) is 5.64. The van der Waals surface area contributed by atoms with Crippen molar-refractivity contribution in [2.24, 2.45) is 0 Å². The predicted octanol–water partition coefficient (Wildman–Crippen LogP) is 3.41. The number of aromatic hydroxyl groups is 1. The molecule has 1 aromatic heterocycles. The standard InChI is InChI=1S/C19H20N2O3/c1-12-13(2)21-17(14(3)20-12)11-10-16(22)9-8-15-6-5-7-18(24-4)19(15)23/h5-11,23H,1-4H3/b9-8+,11-10+. The molecule has 5 heteroatoms. The molecule has 0 radical (unpaired) electrons. The topological polar surface area (TPSA) is 72.3 Å². The minimum atomic E-state index is -0.211. The molecule has 1 aromatic carbocycles. The van der Waals surface area contributed by atoms with Crippen molar-refractivity contribution in [1.82, 2.24) is 9.97 Å². The Balaban J connectivity index is 2.15. The minimum absolute atomic E-state index is 0.00361. The summed E-state index contributed by atoms with van der Waals surface area (Å²) in [4.78, 5) is 20.8. The fourth-order valence-corrected chi connectivity index (χ4v) is 2.12. The molecule has 0 fully saturated rings. The predicted molar refractivity (Wildman–Crippen MR) is 94.0 cm³/mol. The van der Waals surface area contributed by atoms with Gasteiger partial charge in [-0.1, -0.05) is 12.1 Å². The first-order valence-electron chi connectivity index (χ1n) is 7.50. The van der Waals surface area contributed by atoms with Crippen LogP contribution in [0.3, 0.4) is 0 Å². The summed E-state index contributed by atoms with van der Waals surface area (Å²) in [7, 11) is 1.48. The highest BCUT2D eigenvalue weighted by atomic mass is 16.5. The molecule has 0 aliphatic rings. The third-order valence-corrected chi connectivity index (χ3v) is 3.60. The number of nitrogens with zero attached hydrogens (tertiary/aromatic N) is 2. The molecule has 124 valence electrons. The van der Waals surface area contributed by atoms with E-state index in [9.17, 15) is 9.90 Å². The normalized spacial score (nSPS) is 11.3. The Morgan fingerprint density at radius 1 is 1.04 bits per heavy atom. The molecule has 1 heterocycles. The lowest BCUT2D eigenvalue weighted by molar-refractivity contribution is -0.110. The molecule has 0 saturated heterocycles. The summed E-state index contributed by atoms with van der Waals surface area (Å²) < 4.78 is 5.03. The fraction of sp³-hybridized carbons (Fsp3) is 0.211. The average molecular weight is 324 g/mol. The molecule has 2 rings (SSSR count). The molecule has 0 spiro atoms. The number of hydrogen-bond donors (Lipinski definition) is 1. The lowest BCUT2D eigenvalue weighted by Gasteiger charge is -2.05. The van der Waals surface area contributed by atoms with Gasteiger partial charge >= 0.3 is 0 Å². The molecule has 0 bridgehead atoms. The van der Waals surface area contributed by atoms with Crippen molar-refractivity contribution >= 4 is 17.9 Å². The molecule has 0 aliphatic carbocycles. The van der Waals surface area contributed by atoms with Crippen LogP contribution in [0.15, 0.2) is 30.4 Å². The van der Waals surface area contributed by atoms with E-state index in [0.29, 0.717) is 17.0 Å². The number of phenolic OH excluding ortho intramolecular Hbond substituents is 1. The number of ketones is 1. The van der Waals surface area contributed by atoms with Gasteiger partial charge in [-0.3, -0.25) is 9.78 Å². The lowest BCUT2D eigenvalue weighted by Crippen LogP contribution is -1.99. The highest BCUT2D eigenvalue weighted by molar-refractivity contribution is 6.04. The van der Waals surface area contributed by atoms with Crippen LogP contribution in [0.1, 0.15) is 28.3 Å². The van der Waals surface area contributed by atoms with Gasteiger partial charge in [0, 0.05) is 5.56 Å². The molecule has 0 aliphatic heterocycles. The van der Waals surface area contributed by atoms with Crippen molar-refractivity contribution in [3.63, 3.8) is 0 Å². The number of ether oxygens (including phenoxy) is 1. The third kappa shape index (κ3) is 4.07. The summed E-state index contributed by atoms with van der Waals surface area (Å²) in [6, 6.07) is 5.09. The molecular formula is C19H20N2O3. The largest absolute Gasteiger partial charge is 0.504 e. The number of phenols is 1. The van der Waals surface area contributed by atoms with Crippen LogP contribution in [0.25, 0.3) is 12.2 Å². The first-order chi connectivity index (χ1) is 11.4. The van der Waals surface area contributed by atoms with Crippen molar-refractivity contribution in [1.29, 1.82) is 0 Å². The van der Waals surface area contributed by atoms with Gasteiger partial charge in [0.2, 0.25) is 0 Å². The zero-order valence-corrected chi connectivity index (χ0v) is 14.2. The van der Waals surface area contributed by atoms with Crippen LogP contribution in [-0.2, 0) is 4.79 Å². The Morgan fingerprint density at radius 2 is 1.71 bits per heavy atom. The summed E-state index contributed by atoms with van der Waals surface area (Å²) in [5, 5.41) is 9.98. The monoisotopic (exact) mass is 324 g/mol. The summed E-state index contributed by atoms with van der Waals surface area (Å²) >= 11 is 0. The zero-order valence-electron chi connectivity index (χ0n) is 14.2. The highest BCUT2D eigenvalue weighted by Crippen LogP contribution is 2.30. The van der Waals surface area contributed by atoms with Gasteiger partial charge in [0.15, 0.2) is 17.3 Å². The fourth-order valence-electron chi connectivity index (χ4n) is 2.12. The molecule has 5 nitrogen and oxygen atoms in total. The van der Waals surface area contributed by atoms with E-state index in [4.69, 9.17) is 4.74 Å². The number of para-hydroxylation sites is 1. The van der Waals surface area contributed by atoms with E-state index >= 15 is 0 Å². The van der Waals surface area contributed by atoms with Crippen LogP contribution in [0.4, 0.5) is 0 Å². The first-order valence-corrected chi connectivity index (χ1v) is 7.50. The van der Waals surface area contributed by atoms with Gasteiger partial charge in [0.05, 0.1) is 29.9 Å². The van der Waals surface area contributed by atoms with E-state index in [1.165, 1.54) is 19.3 Å². The number of hydrogen-bond acceptors (Lipinski definition) is 5. The Labute approximate surface area is 141 Å². The maximum Gasteiger partial charge on any atom is 0.178 e. The van der Waals surface area contributed by atoms with Gasteiger partial charge in [-0.15, -0.1) is 0 Å². The quantitative estimate of drug-likeness (QED) is 0.853. The zero-order chi connectivity index (χ0) is 17.7. The average Bonchev–Trinajstić information content (AvgIpc) is 2.56. The van der Waals surface area contributed by atoms with Crippen LogP contribution in [-0.4, -0.2) is 28.0 Å². The number of rotatable bonds is 5. The lowest BCUT2D eigenvalue weighted by atomic mass is 10.1. The second-order valence-corrected chi connectivity index (χ2v) is 5.33. The molecule has 0 atom stereocenters. The van der Waals surface area contributed by atoms with Crippen molar-refractivity contribution in [2.45, 2.75) is 20.8 Å². The van der Waals surface area contributed by atoms with Crippen LogP contribution in [0, 0.1) is 20.8 Å². The molecular weight excluding hydrogens is 304 g/mol. The Bertz CT molecular complexity index is 824. The number of aryl methyl sites for hydroxylation is 3. The number of methoxy groups -OCH3 is 1. The summed E-state index contributed by atoms with van der Waals surface area (Å²) in [5.41, 5.74) is 3.67. The van der Waals surface area contributed by atoms with Crippen LogP contribution < -0.4 is 4.74 Å². The third-order valence-electron chi connectivity index (χ3n) is 3.60. The highest BCUT2D eigenvalue weighted by Gasteiger charge is 2.05. The number of aromatic nitrogens is 2. The molecule has 1 N–H and O–H groups in total. The van der Waals surface area contributed by atoms with Gasteiger partial charge in [-0.2, -0.15) is 0 Å². The second kappa shape index (κ2) is 7.55. The maximum absolute atomic E-state index is 12.0. The van der Waals surface area contributed by atoms with Crippen LogP contribution in [0.5, 0.6) is 11.5 Å². The summed E-state index contributed by atoms with van der Waals surface area (Å²) in [6.07, 6.45) is 6.00. The Hall–Kier alpha value is -2.95.